The van der Waals surface area contributed by atoms with Gasteiger partial charge in [0, 0.05) is 30.5 Å². The molecule has 3 fully saturated rings. The first-order chi connectivity index (χ1) is 23.7. The molecule has 282 valence electrons. The van der Waals surface area contributed by atoms with Gasteiger partial charge in [-0.05, 0) is 44.4 Å². The number of Topliss-reactive ketones (excluding diaryl/α,β-unsaturated/α-hetero) is 1. The van der Waals surface area contributed by atoms with Crippen LogP contribution in [0.1, 0.15) is 112 Å². The average molecular weight is 721 g/mol. The van der Waals surface area contributed by atoms with E-state index in [1.54, 1.807) is 20.8 Å². The third-order valence-corrected chi connectivity index (χ3v) is 11.2. The lowest BCUT2D eigenvalue weighted by molar-refractivity contribution is -0.142. The van der Waals surface area contributed by atoms with E-state index in [-0.39, 0.29) is 42.8 Å². The average Bonchev–Trinajstić information content (AvgIpc) is 3.48. The van der Waals surface area contributed by atoms with Gasteiger partial charge in [0.25, 0.3) is 0 Å². The fourth-order valence-electron chi connectivity index (χ4n) is 6.87. The number of hydrogen-bond acceptors (Lipinski definition) is 8. The molecule has 14 heteroatoms. The molecule has 6 amide bonds. The van der Waals surface area contributed by atoms with Gasteiger partial charge in [0.2, 0.25) is 35.4 Å². The van der Waals surface area contributed by atoms with Crippen LogP contribution in [0.5, 0.6) is 0 Å². The van der Waals surface area contributed by atoms with Crippen molar-refractivity contribution >= 4 is 53.0 Å². The maximum atomic E-state index is 14.1. The molecule has 0 unspecified atom stereocenters. The standard InChI is InChI=1S/C36H60N6O7S/c1-7-8-9-10-11-12-13-16-27(43)29-28-19-37-31(44)25(20-50-28)40-35(48)30(22(4)5)41-33(46)26-15-14-17-42(26)36(49)23(6)38-32(45)24(18-21(2)3)39-34(29)47/h21-26,28-30H,7-20H2,1-6H3,(H,37,44)(H,38,45)(H,39,47)(H,40,48)(H,41,46)/t23-,24+,25-,26+,28+,29-,30+/m1/s1. The summed E-state index contributed by atoms with van der Waals surface area (Å²) in [5.41, 5.74) is 0. The molecule has 2 bridgehead atoms. The molecular weight excluding hydrogens is 660 g/mol. The van der Waals surface area contributed by atoms with Gasteiger partial charge in [-0.25, -0.2) is 0 Å². The first-order valence-corrected chi connectivity index (χ1v) is 19.7. The zero-order valence-corrected chi connectivity index (χ0v) is 31.6. The molecule has 50 heavy (non-hydrogen) atoms. The van der Waals surface area contributed by atoms with E-state index < -0.39 is 76.8 Å². The van der Waals surface area contributed by atoms with Gasteiger partial charge in [-0.1, -0.05) is 73.1 Å². The van der Waals surface area contributed by atoms with Crippen molar-refractivity contribution in [1.29, 1.82) is 0 Å². The highest BCUT2D eigenvalue weighted by atomic mass is 32.2. The molecule has 3 heterocycles. The van der Waals surface area contributed by atoms with Crippen LogP contribution in [0.25, 0.3) is 0 Å². The van der Waals surface area contributed by atoms with Crippen LogP contribution in [0, 0.1) is 17.8 Å². The maximum Gasteiger partial charge on any atom is 0.245 e. The second kappa shape index (κ2) is 20.0. The predicted octanol–water partition coefficient (Wildman–Crippen LogP) is 2.21. The van der Waals surface area contributed by atoms with Gasteiger partial charge < -0.3 is 31.5 Å². The number of nitrogens with zero attached hydrogens (tertiary/aromatic N) is 1. The summed E-state index contributed by atoms with van der Waals surface area (Å²) in [7, 11) is 0. The van der Waals surface area contributed by atoms with Gasteiger partial charge in [0.15, 0.2) is 0 Å². The first kappa shape index (κ1) is 41.3. The van der Waals surface area contributed by atoms with E-state index >= 15 is 0 Å². The number of nitrogens with one attached hydrogen (secondary N) is 5. The number of carbonyl (C=O) groups excluding carboxylic acids is 7. The summed E-state index contributed by atoms with van der Waals surface area (Å²) < 4.78 is 0. The lowest BCUT2D eigenvalue weighted by atomic mass is 9.93. The van der Waals surface area contributed by atoms with E-state index in [0.717, 1.165) is 32.1 Å². The van der Waals surface area contributed by atoms with E-state index in [2.05, 4.69) is 33.5 Å². The summed E-state index contributed by atoms with van der Waals surface area (Å²) in [6.07, 6.45) is 8.50. The Bertz CT molecular complexity index is 1230. The van der Waals surface area contributed by atoms with Crippen molar-refractivity contribution in [1.82, 2.24) is 31.5 Å². The second-order valence-corrected chi connectivity index (χ2v) is 16.1. The predicted molar refractivity (Wildman–Crippen MR) is 193 cm³/mol. The van der Waals surface area contributed by atoms with Crippen LogP contribution in [0.4, 0.5) is 0 Å². The van der Waals surface area contributed by atoms with Crippen molar-refractivity contribution in [2.75, 3.05) is 18.8 Å². The lowest BCUT2D eigenvalue weighted by Crippen LogP contribution is -2.60. The summed E-state index contributed by atoms with van der Waals surface area (Å²) in [6, 6.07) is -4.78. The molecule has 3 aliphatic rings. The summed E-state index contributed by atoms with van der Waals surface area (Å²) in [5, 5.41) is 13.4. The Kier molecular flexibility index (Phi) is 16.5. The summed E-state index contributed by atoms with van der Waals surface area (Å²) in [5.74, 6) is -4.70. The molecule has 0 aromatic rings. The Balaban J connectivity index is 1.94. The van der Waals surface area contributed by atoms with Crippen molar-refractivity contribution in [2.45, 2.75) is 148 Å². The molecule has 7 atom stereocenters. The topological polar surface area (TPSA) is 183 Å². The number of hydrogen-bond donors (Lipinski definition) is 5. The maximum absolute atomic E-state index is 14.1. The molecule has 0 saturated carbocycles. The minimum atomic E-state index is -1.15. The van der Waals surface area contributed by atoms with Gasteiger partial charge in [-0.2, -0.15) is 11.8 Å². The number of carbonyl (C=O) groups is 7. The first-order valence-electron chi connectivity index (χ1n) is 18.7. The smallest absolute Gasteiger partial charge is 0.245 e. The van der Waals surface area contributed by atoms with Crippen molar-refractivity contribution in [3.05, 3.63) is 0 Å². The Morgan fingerprint density at radius 1 is 0.820 bits per heavy atom. The van der Waals surface area contributed by atoms with E-state index in [4.69, 9.17) is 0 Å². The van der Waals surface area contributed by atoms with Gasteiger partial charge >= 0.3 is 0 Å². The number of amides is 6. The van der Waals surface area contributed by atoms with Crippen LogP contribution in [0.3, 0.4) is 0 Å². The van der Waals surface area contributed by atoms with Crippen molar-refractivity contribution in [3.8, 4) is 0 Å². The fourth-order valence-corrected chi connectivity index (χ4v) is 8.22. The zero-order chi connectivity index (χ0) is 37.0. The molecule has 0 aliphatic carbocycles. The van der Waals surface area contributed by atoms with Crippen molar-refractivity contribution in [2.24, 2.45) is 17.8 Å². The normalized spacial score (nSPS) is 28.9. The Labute approximate surface area is 301 Å². The molecule has 13 nitrogen and oxygen atoms in total. The molecule has 5 N–H and O–H groups in total. The minimum Gasteiger partial charge on any atom is -0.353 e. The fraction of sp³-hybridized carbons (Fsp3) is 0.806. The largest absolute Gasteiger partial charge is 0.353 e. The highest BCUT2D eigenvalue weighted by Gasteiger charge is 2.42. The van der Waals surface area contributed by atoms with Crippen LogP contribution in [0.2, 0.25) is 0 Å². The minimum absolute atomic E-state index is 0.00278. The zero-order valence-electron chi connectivity index (χ0n) is 30.8. The lowest BCUT2D eigenvalue weighted by Gasteiger charge is -2.30. The van der Waals surface area contributed by atoms with Gasteiger partial charge in [-0.3, -0.25) is 33.6 Å². The summed E-state index contributed by atoms with van der Waals surface area (Å²) >= 11 is 1.26. The number of ketones is 1. The Hall–Kier alpha value is -3.16. The molecule has 3 rings (SSSR count). The van der Waals surface area contributed by atoms with Crippen LogP contribution < -0.4 is 26.6 Å². The van der Waals surface area contributed by atoms with Crippen LogP contribution in [0.15, 0.2) is 0 Å². The van der Waals surface area contributed by atoms with E-state index in [0.29, 0.717) is 25.8 Å². The van der Waals surface area contributed by atoms with E-state index in [1.807, 2.05) is 13.8 Å². The van der Waals surface area contributed by atoms with Gasteiger partial charge in [0.05, 0.1) is 0 Å². The number of fused-ring (bicyclic) bond motifs is 4. The summed E-state index contributed by atoms with van der Waals surface area (Å²) in [6.45, 7) is 11.4. The molecule has 0 radical (unpaired) electrons. The highest BCUT2D eigenvalue weighted by Crippen LogP contribution is 2.27. The van der Waals surface area contributed by atoms with Crippen LogP contribution in [-0.4, -0.2) is 100 Å². The molecule has 0 aromatic heterocycles. The molecular formula is C36H60N6O7S. The van der Waals surface area contributed by atoms with Crippen LogP contribution >= 0.6 is 11.8 Å². The van der Waals surface area contributed by atoms with Gasteiger partial charge in [0.1, 0.15) is 41.9 Å². The summed E-state index contributed by atoms with van der Waals surface area (Å²) in [4.78, 5) is 97.0. The monoisotopic (exact) mass is 720 g/mol. The SMILES string of the molecule is CCCCCCCCCC(=O)[C@H]1C(=O)N[C@@H](CC(C)C)C(=O)N[C@H](C)C(=O)N2CCC[C@H]2C(=O)N[C@@H](C(C)C)C(=O)N[C@@H]2CS[C@H]1CNC2=O. The third-order valence-electron chi connectivity index (χ3n) is 9.77. The Morgan fingerprint density at radius 3 is 2.16 bits per heavy atom. The third kappa shape index (κ3) is 11.7. The van der Waals surface area contributed by atoms with Crippen molar-refractivity contribution < 1.29 is 33.6 Å². The molecule has 3 saturated heterocycles. The van der Waals surface area contributed by atoms with Crippen molar-refractivity contribution in [3.63, 3.8) is 0 Å². The molecule has 3 aliphatic heterocycles. The quantitative estimate of drug-likeness (QED) is 0.150. The number of rotatable bonds is 12. The highest BCUT2D eigenvalue weighted by molar-refractivity contribution is 8.00. The van der Waals surface area contributed by atoms with E-state index in [9.17, 15) is 33.6 Å². The second-order valence-electron chi connectivity index (χ2n) is 14.8. The molecule has 0 aromatic carbocycles. The van der Waals surface area contributed by atoms with Gasteiger partial charge in [-0.15, -0.1) is 0 Å². The van der Waals surface area contributed by atoms with Crippen LogP contribution in [-0.2, 0) is 33.6 Å². The number of unbranched alkanes of at least 4 members (excludes halogenated alkanes) is 6. The number of thioether (sulfide) groups is 1. The Morgan fingerprint density at radius 2 is 1.50 bits per heavy atom. The molecule has 0 spiro atoms. The van der Waals surface area contributed by atoms with E-state index in [1.165, 1.54) is 23.1 Å².